The summed E-state index contributed by atoms with van der Waals surface area (Å²) >= 11 is 5.88. The van der Waals surface area contributed by atoms with Crippen LogP contribution >= 0.6 is 12.2 Å². The summed E-state index contributed by atoms with van der Waals surface area (Å²) in [6.45, 7) is 7.03. The van der Waals surface area contributed by atoms with Crippen LogP contribution in [-0.2, 0) is 6.67 Å². The van der Waals surface area contributed by atoms with Crippen molar-refractivity contribution in [2.75, 3.05) is 19.7 Å². The fourth-order valence-corrected chi connectivity index (χ4v) is 4.28. The molecule has 1 atom stereocenters. The van der Waals surface area contributed by atoms with E-state index in [1.807, 2.05) is 22.9 Å². The van der Waals surface area contributed by atoms with Gasteiger partial charge in [-0.15, -0.1) is 5.10 Å². The van der Waals surface area contributed by atoms with Gasteiger partial charge < -0.3 is 5.11 Å². The SMILES string of the molecule is Cc1ccc(-n2c(-c3ccccc3)nn(CN3CCC[C@@H](CO)C3)c2=S)cc1C. The molecule has 1 saturated heterocycles. The highest BCUT2D eigenvalue weighted by molar-refractivity contribution is 7.71. The molecule has 1 aliphatic rings. The van der Waals surface area contributed by atoms with E-state index in [1.165, 1.54) is 11.1 Å². The molecular weight excluding hydrogens is 380 g/mol. The third-order valence-electron chi connectivity index (χ3n) is 5.82. The van der Waals surface area contributed by atoms with E-state index >= 15 is 0 Å². The van der Waals surface area contributed by atoms with Crippen LogP contribution in [0.4, 0.5) is 0 Å². The van der Waals surface area contributed by atoms with Gasteiger partial charge in [-0.3, -0.25) is 9.47 Å². The summed E-state index contributed by atoms with van der Waals surface area (Å²) in [6.07, 6.45) is 2.19. The molecule has 5 nitrogen and oxygen atoms in total. The van der Waals surface area contributed by atoms with Gasteiger partial charge in [0.25, 0.3) is 0 Å². The van der Waals surface area contributed by atoms with Crippen molar-refractivity contribution in [2.45, 2.75) is 33.4 Å². The second-order valence-electron chi connectivity index (χ2n) is 7.98. The van der Waals surface area contributed by atoms with Gasteiger partial charge in [-0.05, 0) is 74.6 Å². The van der Waals surface area contributed by atoms with Gasteiger partial charge in [0.05, 0.1) is 12.4 Å². The topological polar surface area (TPSA) is 46.2 Å². The molecule has 2 heterocycles. The van der Waals surface area contributed by atoms with E-state index < -0.39 is 0 Å². The third kappa shape index (κ3) is 4.20. The molecule has 1 fully saturated rings. The van der Waals surface area contributed by atoms with Crippen molar-refractivity contribution in [3.05, 3.63) is 64.4 Å². The second-order valence-corrected chi connectivity index (χ2v) is 8.35. The van der Waals surface area contributed by atoms with Gasteiger partial charge in [0.2, 0.25) is 4.77 Å². The van der Waals surface area contributed by atoms with Crippen molar-refractivity contribution in [1.82, 2.24) is 19.2 Å². The standard InChI is InChI=1S/C23H28N4OS/c1-17-10-11-21(13-18(17)2)27-22(20-8-4-3-5-9-20)24-26(23(27)29)16-25-12-6-7-19(14-25)15-28/h3-5,8-11,13,19,28H,6-7,12,14-16H2,1-2H3/t19-/m1/s1. The molecule has 6 heteroatoms. The highest BCUT2D eigenvalue weighted by atomic mass is 32.1. The van der Waals surface area contributed by atoms with Gasteiger partial charge >= 0.3 is 0 Å². The van der Waals surface area contributed by atoms with Gasteiger partial charge in [0, 0.05) is 18.7 Å². The minimum Gasteiger partial charge on any atom is -0.396 e. The van der Waals surface area contributed by atoms with E-state index in [0.717, 1.165) is 43.0 Å². The van der Waals surface area contributed by atoms with Crippen LogP contribution in [0.1, 0.15) is 24.0 Å². The average Bonchev–Trinajstić information content (AvgIpc) is 3.07. The minimum absolute atomic E-state index is 0.244. The Balaban J connectivity index is 1.77. The maximum Gasteiger partial charge on any atom is 0.204 e. The number of piperidine rings is 1. The molecule has 3 aromatic rings. The molecular formula is C23H28N4OS. The summed E-state index contributed by atoms with van der Waals surface area (Å²) in [6, 6.07) is 16.6. The number of rotatable bonds is 5. The summed E-state index contributed by atoms with van der Waals surface area (Å²) in [5, 5.41) is 14.5. The Morgan fingerprint density at radius 1 is 1.10 bits per heavy atom. The summed E-state index contributed by atoms with van der Waals surface area (Å²) in [4.78, 5) is 2.34. The van der Waals surface area contributed by atoms with Crippen LogP contribution < -0.4 is 0 Å². The first-order chi connectivity index (χ1) is 14.1. The molecule has 1 N–H and O–H groups in total. The number of hydrogen-bond donors (Lipinski definition) is 1. The number of likely N-dealkylation sites (tertiary alicyclic amines) is 1. The fourth-order valence-electron chi connectivity index (χ4n) is 3.99. The van der Waals surface area contributed by atoms with Crippen LogP contribution in [0.5, 0.6) is 0 Å². The Hall–Kier alpha value is -2.28. The predicted octanol–water partition coefficient (Wildman–Crippen LogP) is 4.35. The molecule has 2 aromatic carbocycles. The van der Waals surface area contributed by atoms with E-state index in [0.29, 0.717) is 17.4 Å². The zero-order valence-corrected chi connectivity index (χ0v) is 17.9. The van der Waals surface area contributed by atoms with Crippen molar-refractivity contribution in [2.24, 2.45) is 5.92 Å². The monoisotopic (exact) mass is 408 g/mol. The van der Waals surface area contributed by atoms with Crippen molar-refractivity contribution < 1.29 is 5.11 Å². The Labute approximate surface area is 177 Å². The van der Waals surface area contributed by atoms with Gasteiger partial charge in [0.1, 0.15) is 0 Å². The number of benzene rings is 2. The predicted molar refractivity (Wildman–Crippen MR) is 119 cm³/mol. The van der Waals surface area contributed by atoms with E-state index in [9.17, 15) is 5.11 Å². The minimum atomic E-state index is 0.244. The van der Waals surface area contributed by atoms with Crippen LogP contribution in [0.25, 0.3) is 17.1 Å². The molecule has 0 saturated carbocycles. The molecule has 0 spiro atoms. The number of aromatic nitrogens is 3. The molecule has 1 aliphatic heterocycles. The quantitative estimate of drug-likeness (QED) is 0.638. The van der Waals surface area contributed by atoms with Crippen molar-refractivity contribution >= 4 is 12.2 Å². The van der Waals surface area contributed by atoms with E-state index in [4.69, 9.17) is 17.3 Å². The highest BCUT2D eigenvalue weighted by Gasteiger charge is 2.21. The summed E-state index contributed by atoms with van der Waals surface area (Å²) in [5.74, 6) is 1.20. The molecule has 0 radical (unpaired) electrons. The first kappa shape index (κ1) is 20.0. The normalized spacial score (nSPS) is 17.6. The van der Waals surface area contributed by atoms with E-state index in [1.54, 1.807) is 0 Å². The maximum atomic E-state index is 9.55. The van der Waals surface area contributed by atoms with E-state index in [2.05, 4.69) is 53.6 Å². The van der Waals surface area contributed by atoms with Crippen LogP contribution in [0.15, 0.2) is 48.5 Å². The second kappa shape index (κ2) is 8.61. The van der Waals surface area contributed by atoms with Crippen molar-refractivity contribution in [3.63, 3.8) is 0 Å². The fraction of sp³-hybridized carbons (Fsp3) is 0.391. The molecule has 0 aliphatic carbocycles. The lowest BCUT2D eigenvalue weighted by atomic mass is 10.00. The Bertz CT molecular complexity index is 1040. The number of aliphatic hydroxyl groups is 1. The van der Waals surface area contributed by atoms with Crippen LogP contribution in [-0.4, -0.2) is 44.1 Å². The summed E-state index contributed by atoms with van der Waals surface area (Å²) < 4.78 is 4.69. The lowest BCUT2D eigenvalue weighted by molar-refractivity contribution is 0.0939. The molecule has 29 heavy (non-hydrogen) atoms. The number of aryl methyl sites for hydroxylation is 2. The lowest BCUT2D eigenvalue weighted by Gasteiger charge is -2.31. The molecule has 0 unspecified atom stereocenters. The molecule has 4 rings (SSSR count). The Morgan fingerprint density at radius 3 is 2.62 bits per heavy atom. The first-order valence-electron chi connectivity index (χ1n) is 10.2. The van der Waals surface area contributed by atoms with Gasteiger partial charge in [-0.1, -0.05) is 36.4 Å². The summed E-state index contributed by atoms with van der Waals surface area (Å²) in [5.41, 5.74) is 4.58. The number of nitrogens with zero attached hydrogens (tertiary/aromatic N) is 4. The lowest BCUT2D eigenvalue weighted by Crippen LogP contribution is -2.38. The van der Waals surface area contributed by atoms with Gasteiger partial charge in [-0.2, -0.15) is 0 Å². The molecule has 0 bridgehead atoms. The van der Waals surface area contributed by atoms with E-state index in [-0.39, 0.29) is 6.61 Å². The Kier molecular flexibility index (Phi) is 5.94. The van der Waals surface area contributed by atoms with Gasteiger partial charge in [-0.25, -0.2) is 4.68 Å². The molecule has 1 aromatic heterocycles. The van der Waals surface area contributed by atoms with Gasteiger partial charge in [0.15, 0.2) is 5.82 Å². The number of aliphatic hydroxyl groups excluding tert-OH is 1. The zero-order chi connectivity index (χ0) is 20.4. The zero-order valence-electron chi connectivity index (χ0n) is 17.1. The summed E-state index contributed by atoms with van der Waals surface area (Å²) in [7, 11) is 0. The first-order valence-corrected chi connectivity index (χ1v) is 10.6. The van der Waals surface area contributed by atoms with Crippen LogP contribution in [0.3, 0.4) is 0 Å². The maximum absolute atomic E-state index is 9.55. The van der Waals surface area contributed by atoms with Crippen molar-refractivity contribution in [1.29, 1.82) is 0 Å². The van der Waals surface area contributed by atoms with Crippen molar-refractivity contribution in [3.8, 4) is 17.1 Å². The highest BCUT2D eigenvalue weighted by Crippen LogP contribution is 2.25. The largest absolute Gasteiger partial charge is 0.396 e. The third-order valence-corrected chi connectivity index (χ3v) is 6.21. The van der Waals surface area contributed by atoms with Crippen LogP contribution in [0.2, 0.25) is 0 Å². The smallest absolute Gasteiger partial charge is 0.204 e. The average molecular weight is 409 g/mol. The molecule has 0 amide bonds. The number of hydrogen-bond acceptors (Lipinski definition) is 4. The molecule has 152 valence electrons. The Morgan fingerprint density at radius 2 is 1.90 bits per heavy atom. The van der Waals surface area contributed by atoms with Crippen LogP contribution in [0, 0.1) is 24.5 Å².